The maximum absolute atomic E-state index is 12.9. The van der Waals surface area contributed by atoms with Crippen molar-refractivity contribution < 1.29 is 14.4 Å². The molecule has 1 aromatic rings. The molecule has 27 heavy (non-hydrogen) atoms. The Bertz CT molecular complexity index is 785. The van der Waals surface area contributed by atoms with E-state index in [1.807, 2.05) is 0 Å². The molecule has 1 aromatic carbocycles. The summed E-state index contributed by atoms with van der Waals surface area (Å²) in [6.45, 7) is 3.37. The third kappa shape index (κ3) is 3.92. The van der Waals surface area contributed by atoms with E-state index in [-0.39, 0.29) is 23.5 Å². The van der Waals surface area contributed by atoms with E-state index in [1.165, 1.54) is 12.5 Å². The van der Waals surface area contributed by atoms with E-state index >= 15 is 0 Å². The molecular formula is C19H23Cl2N3O3. The summed E-state index contributed by atoms with van der Waals surface area (Å²) in [6, 6.07) is 4.20. The molecule has 0 bridgehead atoms. The predicted molar refractivity (Wildman–Crippen MR) is 104 cm³/mol. The van der Waals surface area contributed by atoms with Crippen LogP contribution in [0.5, 0.6) is 0 Å². The Hall–Kier alpha value is -1.79. The molecule has 1 saturated heterocycles. The lowest BCUT2D eigenvalue weighted by Crippen LogP contribution is -2.47. The first kappa shape index (κ1) is 20.0. The molecule has 146 valence electrons. The minimum atomic E-state index is -1.34. The fraction of sp³-hybridized carbons (Fsp3) is 0.526. The highest BCUT2D eigenvalue weighted by Crippen LogP contribution is 2.35. The van der Waals surface area contributed by atoms with Gasteiger partial charge in [0.15, 0.2) is 0 Å². The Morgan fingerprint density at radius 2 is 2.00 bits per heavy atom. The second kappa shape index (κ2) is 7.68. The molecule has 2 N–H and O–H groups in total. The van der Waals surface area contributed by atoms with Crippen molar-refractivity contribution in [3.05, 3.63) is 33.8 Å². The Balaban J connectivity index is 1.73. The summed E-state index contributed by atoms with van der Waals surface area (Å²) in [5.41, 5.74) is -0.896. The fourth-order valence-electron chi connectivity index (χ4n) is 3.84. The summed E-state index contributed by atoms with van der Waals surface area (Å²) < 4.78 is 0. The van der Waals surface area contributed by atoms with Gasteiger partial charge in [-0.2, -0.15) is 0 Å². The predicted octanol–water partition coefficient (Wildman–Crippen LogP) is 3.46. The van der Waals surface area contributed by atoms with Crippen LogP contribution in [0, 0.1) is 5.92 Å². The highest BCUT2D eigenvalue weighted by molar-refractivity contribution is 6.35. The Labute approximate surface area is 168 Å². The number of nitrogens with one attached hydrogen (secondary N) is 2. The minimum absolute atomic E-state index is 0.0871. The van der Waals surface area contributed by atoms with Crippen LogP contribution >= 0.6 is 23.2 Å². The largest absolute Gasteiger partial charge is 0.352 e. The van der Waals surface area contributed by atoms with E-state index in [0.29, 0.717) is 16.5 Å². The first-order valence-electron chi connectivity index (χ1n) is 9.11. The van der Waals surface area contributed by atoms with Gasteiger partial charge < -0.3 is 10.6 Å². The second-order valence-electron chi connectivity index (χ2n) is 7.51. The highest BCUT2D eigenvalue weighted by Gasteiger charge is 2.50. The van der Waals surface area contributed by atoms with Gasteiger partial charge in [-0.15, -0.1) is 0 Å². The van der Waals surface area contributed by atoms with Crippen LogP contribution < -0.4 is 10.6 Å². The van der Waals surface area contributed by atoms with E-state index in [1.54, 1.807) is 19.1 Å². The van der Waals surface area contributed by atoms with Gasteiger partial charge in [0.05, 0.1) is 0 Å². The molecule has 6 nitrogen and oxygen atoms in total. The summed E-state index contributed by atoms with van der Waals surface area (Å²) >= 11 is 12.1. The van der Waals surface area contributed by atoms with Crippen molar-refractivity contribution in [2.45, 2.75) is 51.1 Å². The number of carbonyl (C=O) groups is 3. The summed E-state index contributed by atoms with van der Waals surface area (Å²) in [5, 5.41) is 6.33. The highest BCUT2D eigenvalue weighted by atomic mass is 35.5. The molecule has 1 aliphatic heterocycles. The van der Waals surface area contributed by atoms with Crippen molar-refractivity contribution >= 4 is 41.0 Å². The molecule has 0 aromatic heterocycles. The van der Waals surface area contributed by atoms with Crippen LogP contribution in [0.1, 0.15) is 45.1 Å². The van der Waals surface area contributed by atoms with Crippen molar-refractivity contribution in [1.29, 1.82) is 0 Å². The lowest BCUT2D eigenvalue weighted by atomic mass is 9.86. The molecule has 1 saturated carbocycles. The number of halogens is 2. The SMILES string of the molecule is C[C@H]1CCCC[C@@H]1NC(=O)CN1C(=O)N[C@@](C)(c2ccc(Cl)cc2Cl)C1=O. The topological polar surface area (TPSA) is 78.5 Å². The third-order valence-corrected chi connectivity index (χ3v) is 6.05. The van der Waals surface area contributed by atoms with Gasteiger partial charge in [-0.3, -0.25) is 14.5 Å². The third-order valence-electron chi connectivity index (χ3n) is 5.50. The molecule has 0 spiro atoms. The first-order chi connectivity index (χ1) is 12.7. The van der Waals surface area contributed by atoms with Gasteiger partial charge in [-0.25, -0.2) is 4.79 Å². The van der Waals surface area contributed by atoms with Crippen molar-refractivity contribution in [2.24, 2.45) is 5.92 Å². The minimum Gasteiger partial charge on any atom is -0.352 e. The van der Waals surface area contributed by atoms with E-state index < -0.39 is 17.5 Å². The Kier molecular flexibility index (Phi) is 5.68. The normalized spacial score (nSPS) is 28.2. The molecule has 0 unspecified atom stereocenters. The van der Waals surface area contributed by atoms with E-state index in [9.17, 15) is 14.4 Å². The van der Waals surface area contributed by atoms with Crippen LogP contribution in [-0.4, -0.2) is 35.3 Å². The molecule has 1 heterocycles. The van der Waals surface area contributed by atoms with Gasteiger partial charge in [-0.05, 0) is 37.8 Å². The van der Waals surface area contributed by atoms with Gasteiger partial charge in [-0.1, -0.05) is 49.0 Å². The standard InChI is InChI=1S/C19H23Cl2N3O3/c1-11-5-3-4-6-15(11)22-16(25)10-24-17(26)19(2,23-18(24)27)13-8-7-12(20)9-14(13)21/h7-9,11,15H,3-6,10H2,1-2H3,(H,22,25)(H,23,27)/t11-,15-,19-/m0/s1. The average Bonchev–Trinajstić information content (AvgIpc) is 2.81. The molecule has 1 aliphatic carbocycles. The monoisotopic (exact) mass is 411 g/mol. The van der Waals surface area contributed by atoms with Crippen LogP contribution in [0.25, 0.3) is 0 Å². The van der Waals surface area contributed by atoms with Gasteiger partial charge in [0, 0.05) is 21.7 Å². The van der Waals surface area contributed by atoms with Crippen LogP contribution in [-0.2, 0) is 15.1 Å². The fourth-order valence-corrected chi connectivity index (χ4v) is 4.44. The lowest BCUT2D eigenvalue weighted by molar-refractivity contribution is -0.135. The second-order valence-corrected chi connectivity index (χ2v) is 8.35. The first-order valence-corrected chi connectivity index (χ1v) is 9.87. The summed E-state index contributed by atoms with van der Waals surface area (Å²) in [7, 11) is 0. The van der Waals surface area contributed by atoms with Crippen LogP contribution in [0.4, 0.5) is 4.79 Å². The van der Waals surface area contributed by atoms with Crippen molar-refractivity contribution in [1.82, 2.24) is 15.5 Å². The maximum Gasteiger partial charge on any atom is 0.325 e. The van der Waals surface area contributed by atoms with Gasteiger partial charge >= 0.3 is 6.03 Å². The van der Waals surface area contributed by atoms with Crippen molar-refractivity contribution in [2.75, 3.05) is 6.54 Å². The number of rotatable bonds is 4. The number of urea groups is 1. The van der Waals surface area contributed by atoms with Crippen molar-refractivity contribution in [3.63, 3.8) is 0 Å². The number of carbonyl (C=O) groups excluding carboxylic acids is 3. The summed E-state index contributed by atoms with van der Waals surface area (Å²) in [6.07, 6.45) is 4.23. The smallest absolute Gasteiger partial charge is 0.325 e. The number of amides is 4. The molecule has 3 atom stereocenters. The molecule has 0 radical (unpaired) electrons. The zero-order valence-corrected chi connectivity index (χ0v) is 16.9. The number of benzene rings is 1. The zero-order valence-electron chi connectivity index (χ0n) is 15.4. The number of imide groups is 1. The molecule has 2 fully saturated rings. The summed E-state index contributed by atoms with van der Waals surface area (Å²) in [4.78, 5) is 38.7. The van der Waals surface area contributed by atoms with Gasteiger partial charge in [0.2, 0.25) is 5.91 Å². The number of hydrogen-bond acceptors (Lipinski definition) is 3. The maximum atomic E-state index is 12.9. The Morgan fingerprint density at radius 3 is 2.67 bits per heavy atom. The van der Waals surface area contributed by atoms with Crippen molar-refractivity contribution in [3.8, 4) is 0 Å². The number of nitrogens with zero attached hydrogens (tertiary/aromatic N) is 1. The van der Waals surface area contributed by atoms with Crippen LogP contribution in [0.3, 0.4) is 0 Å². The zero-order chi connectivity index (χ0) is 19.8. The van der Waals surface area contributed by atoms with E-state index in [2.05, 4.69) is 17.6 Å². The molecule has 2 aliphatic rings. The van der Waals surface area contributed by atoms with E-state index in [4.69, 9.17) is 23.2 Å². The van der Waals surface area contributed by atoms with Crippen LogP contribution in [0.15, 0.2) is 18.2 Å². The van der Waals surface area contributed by atoms with Gasteiger partial charge in [0.25, 0.3) is 5.91 Å². The van der Waals surface area contributed by atoms with Gasteiger partial charge in [0.1, 0.15) is 12.1 Å². The molecule has 4 amide bonds. The lowest BCUT2D eigenvalue weighted by Gasteiger charge is -2.30. The average molecular weight is 412 g/mol. The molecule has 3 rings (SSSR count). The summed E-state index contributed by atoms with van der Waals surface area (Å²) in [5.74, 6) is -0.448. The van der Waals surface area contributed by atoms with Crippen LogP contribution in [0.2, 0.25) is 10.0 Å². The quantitative estimate of drug-likeness (QED) is 0.744. The Morgan fingerprint density at radius 1 is 1.30 bits per heavy atom. The van der Waals surface area contributed by atoms with E-state index in [0.717, 1.165) is 24.2 Å². The molecular weight excluding hydrogens is 389 g/mol. The molecule has 8 heteroatoms. The number of hydrogen-bond donors (Lipinski definition) is 2.